The SMILES string of the molecule is COCCN(CC(C)C(O)c1ccc(F)cn1)C1CC1. The van der Waals surface area contributed by atoms with E-state index in [1.54, 1.807) is 13.2 Å². The molecule has 1 aliphatic carbocycles. The van der Waals surface area contributed by atoms with E-state index < -0.39 is 6.10 Å². The molecule has 0 bridgehead atoms. The monoisotopic (exact) mass is 282 g/mol. The summed E-state index contributed by atoms with van der Waals surface area (Å²) in [6.07, 6.45) is 2.93. The van der Waals surface area contributed by atoms with Crippen molar-refractivity contribution in [1.82, 2.24) is 9.88 Å². The molecule has 2 rings (SSSR count). The number of pyridine rings is 1. The van der Waals surface area contributed by atoms with Gasteiger partial charge in [-0.3, -0.25) is 9.88 Å². The highest BCUT2D eigenvalue weighted by Crippen LogP contribution is 2.29. The highest BCUT2D eigenvalue weighted by molar-refractivity contribution is 5.09. The summed E-state index contributed by atoms with van der Waals surface area (Å²) < 4.78 is 18.0. The van der Waals surface area contributed by atoms with Crippen molar-refractivity contribution >= 4 is 0 Å². The summed E-state index contributed by atoms with van der Waals surface area (Å²) in [5.41, 5.74) is 0.529. The predicted molar refractivity (Wildman–Crippen MR) is 74.8 cm³/mol. The Morgan fingerprint density at radius 1 is 1.50 bits per heavy atom. The van der Waals surface area contributed by atoms with Gasteiger partial charge in [-0.1, -0.05) is 6.92 Å². The van der Waals surface area contributed by atoms with E-state index >= 15 is 0 Å². The second-order valence-corrected chi connectivity index (χ2v) is 5.54. The highest BCUT2D eigenvalue weighted by Gasteiger charge is 2.31. The van der Waals surface area contributed by atoms with Crippen LogP contribution < -0.4 is 0 Å². The lowest BCUT2D eigenvalue weighted by Crippen LogP contribution is -2.35. The number of ether oxygens (including phenoxy) is 1. The fourth-order valence-corrected chi connectivity index (χ4v) is 2.39. The third-order valence-electron chi connectivity index (χ3n) is 3.76. The molecule has 2 unspecified atom stereocenters. The first-order valence-electron chi connectivity index (χ1n) is 7.14. The molecule has 0 amide bonds. The second kappa shape index (κ2) is 7.11. The molecular weight excluding hydrogens is 259 g/mol. The Morgan fingerprint density at radius 3 is 2.80 bits per heavy atom. The summed E-state index contributed by atoms with van der Waals surface area (Å²) in [4.78, 5) is 6.32. The van der Waals surface area contributed by atoms with Gasteiger partial charge in [0.25, 0.3) is 0 Å². The molecule has 0 aromatic carbocycles. The molecule has 1 aromatic heterocycles. The fraction of sp³-hybridized carbons (Fsp3) is 0.667. The van der Waals surface area contributed by atoms with Gasteiger partial charge in [0.15, 0.2) is 0 Å². The van der Waals surface area contributed by atoms with Crippen LogP contribution in [0.3, 0.4) is 0 Å². The maximum atomic E-state index is 12.8. The van der Waals surface area contributed by atoms with E-state index in [-0.39, 0.29) is 11.7 Å². The average molecular weight is 282 g/mol. The number of halogens is 1. The Kier molecular flexibility index (Phi) is 5.46. The molecule has 1 fully saturated rings. The molecule has 2 atom stereocenters. The van der Waals surface area contributed by atoms with E-state index in [9.17, 15) is 9.50 Å². The molecule has 0 radical (unpaired) electrons. The molecule has 1 heterocycles. The topological polar surface area (TPSA) is 45.6 Å². The number of hydrogen-bond donors (Lipinski definition) is 1. The van der Waals surface area contributed by atoms with E-state index in [1.807, 2.05) is 6.92 Å². The van der Waals surface area contributed by atoms with Gasteiger partial charge in [0.05, 0.1) is 24.6 Å². The molecular formula is C15H23FN2O2. The summed E-state index contributed by atoms with van der Waals surface area (Å²) in [7, 11) is 1.70. The number of rotatable bonds is 8. The van der Waals surface area contributed by atoms with Gasteiger partial charge in [-0.2, -0.15) is 0 Å². The number of nitrogens with zero attached hydrogens (tertiary/aromatic N) is 2. The Morgan fingerprint density at radius 2 is 2.25 bits per heavy atom. The smallest absolute Gasteiger partial charge is 0.141 e. The van der Waals surface area contributed by atoms with Crippen molar-refractivity contribution in [3.05, 3.63) is 29.8 Å². The Balaban J connectivity index is 1.91. The van der Waals surface area contributed by atoms with E-state index in [1.165, 1.54) is 18.9 Å². The van der Waals surface area contributed by atoms with Crippen LogP contribution in [-0.4, -0.2) is 47.8 Å². The van der Waals surface area contributed by atoms with Gasteiger partial charge in [-0.25, -0.2) is 4.39 Å². The third-order valence-corrected chi connectivity index (χ3v) is 3.76. The van der Waals surface area contributed by atoms with E-state index in [4.69, 9.17) is 4.74 Å². The summed E-state index contributed by atoms with van der Waals surface area (Å²) in [5.74, 6) is -0.335. The van der Waals surface area contributed by atoms with Gasteiger partial charge < -0.3 is 9.84 Å². The average Bonchev–Trinajstić information content (AvgIpc) is 3.27. The standard InChI is InChI=1S/C15H23FN2O2/c1-11(10-18(7-8-20-2)13-4-5-13)15(19)14-6-3-12(16)9-17-14/h3,6,9,11,13,15,19H,4-5,7-8,10H2,1-2H3. The highest BCUT2D eigenvalue weighted by atomic mass is 19.1. The van der Waals surface area contributed by atoms with Crippen LogP contribution in [0.1, 0.15) is 31.6 Å². The molecule has 1 aromatic rings. The van der Waals surface area contributed by atoms with E-state index in [2.05, 4.69) is 9.88 Å². The van der Waals surface area contributed by atoms with Crippen LogP contribution >= 0.6 is 0 Å². The zero-order chi connectivity index (χ0) is 14.5. The molecule has 1 saturated carbocycles. The minimum absolute atomic E-state index is 0.0467. The van der Waals surface area contributed by atoms with Crippen LogP contribution in [0.4, 0.5) is 4.39 Å². The lowest BCUT2D eigenvalue weighted by Gasteiger charge is -2.27. The van der Waals surface area contributed by atoms with Crippen LogP contribution in [0, 0.1) is 11.7 Å². The number of aromatic nitrogens is 1. The van der Waals surface area contributed by atoms with Gasteiger partial charge in [-0.15, -0.1) is 0 Å². The van der Waals surface area contributed by atoms with Gasteiger partial charge in [0, 0.05) is 32.2 Å². The minimum atomic E-state index is -0.667. The number of aliphatic hydroxyl groups excluding tert-OH is 1. The maximum absolute atomic E-state index is 12.8. The van der Waals surface area contributed by atoms with E-state index in [0.717, 1.165) is 19.3 Å². The summed E-state index contributed by atoms with van der Waals surface area (Å²) in [6.45, 7) is 4.38. The van der Waals surface area contributed by atoms with Crippen molar-refractivity contribution in [3.63, 3.8) is 0 Å². The van der Waals surface area contributed by atoms with E-state index in [0.29, 0.717) is 18.3 Å². The molecule has 5 heteroatoms. The van der Waals surface area contributed by atoms with Crippen molar-refractivity contribution in [2.24, 2.45) is 5.92 Å². The minimum Gasteiger partial charge on any atom is -0.386 e. The zero-order valence-corrected chi connectivity index (χ0v) is 12.1. The first-order chi connectivity index (χ1) is 9.61. The summed E-state index contributed by atoms with van der Waals surface area (Å²) >= 11 is 0. The van der Waals surface area contributed by atoms with Crippen molar-refractivity contribution in [2.75, 3.05) is 26.8 Å². The zero-order valence-electron chi connectivity index (χ0n) is 12.1. The molecule has 20 heavy (non-hydrogen) atoms. The normalized spacial score (nSPS) is 18.2. The molecule has 0 aliphatic heterocycles. The molecule has 1 aliphatic rings. The van der Waals surface area contributed by atoms with Crippen LogP contribution in [0.25, 0.3) is 0 Å². The molecule has 0 spiro atoms. The lowest BCUT2D eigenvalue weighted by atomic mass is 10.0. The molecule has 4 nitrogen and oxygen atoms in total. The van der Waals surface area contributed by atoms with Crippen molar-refractivity contribution in [2.45, 2.75) is 31.9 Å². The van der Waals surface area contributed by atoms with Crippen LogP contribution in [0.15, 0.2) is 18.3 Å². The lowest BCUT2D eigenvalue weighted by molar-refractivity contribution is 0.0704. The predicted octanol–water partition coefficient (Wildman–Crippen LogP) is 2.00. The number of aliphatic hydroxyl groups is 1. The van der Waals surface area contributed by atoms with Gasteiger partial charge in [0.2, 0.25) is 0 Å². The van der Waals surface area contributed by atoms with Crippen molar-refractivity contribution in [1.29, 1.82) is 0 Å². The molecule has 1 N–H and O–H groups in total. The first kappa shape index (κ1) is 15.4. The maximum Gasteiger partial charge on any atom is 0.141 e. The second-order valence-electron chi connectivity index (χ2n) is 5.54. The van der Waals surface area contributed by atoms with Gasteiger partial charge in [0.1, 0.15) is 5.82 Å². The Bertz CT molecular complexity index is 409. The van der Waals surface area contributed by atoms with Crippen molar-refractivity contribution in [3.8, 4) is 0 Å². The Hall–Kier alpha value is -1.04. The fourth-order valence-electron chi connectivity index (χ4n) is 2.39. The summed E-state index contributed by atoms with van der Waals surface area (Å²) in [5, 5.41) is 10.3. The van der Waals surface area contributed by atoms with Gasteiger partial charge in [-0.05, 0) is 25.0 Å². The largest absolute Gasteiger partial charge is 0.386 e. The van der Waals surface area contributed by atoms with Crippen molar-refractivity contribution < 1.29 is 14.2 Å². The molecule has 112 valence electrons. The Labute approximate surface area is 119 Å². The number of methoxy groups -OCH3 is 1. The van der Waals surface area contributed by atoms with Crippen LogP contribution in [-0.2, 0) is 4.74 Å². The van der Waals surface area contributed by atoms with Crippen LogP contribution in [0.2, 0.25) is 0 Å². The quantitative estimate of drug-likeness (QED) is 0.792. The summed E-state index contributed by atoms with van der Waals surface area (Å²) in [6, 6.07) is 3.51. The number of hydrogen-bond acceptors (Lipinski definition) is 4. The molecule has 0 saturated heterocycles. The third kappa shape index (κ3) is 4.23. The van der Waals surface area contributed by atoms with Gasteiger partial charge >= 0.3 is 0 Å². The first-order valence-corrected chi connectivity index (χ1v) is 7.14. The van der Waals surface area contributed by atoms with Crippen LogP contribution in [0.5, 0.6) is 0 Å².